The number of nitrogens with zero attached hydrogens (tertiary/aromatic N) is 4. The molecule has 0 atom stereocenters. The van der Waals surface area contributed by atoms with Gasteiger partial charge in [0.05, 0.1) is 11.0 Å². The number of aromatic nitrogens is 2. The molecule has 1 fully saturated rings. The van der Waals surface area contributed by atoms with Gasteiger partial charge in [0.25, 0.3) is 0 Å². The number of allylic oxidation sites excluding steroid dienone is 1. The van der Waals surface area contributed by atoms with Gasteiger partial charge in [-0.3, -0.25) is 9.98 Å². The number of fused-ring (bicyclic) bond motifs is 1. The van der Waals surface area contributed by atoms with Crippen LogP contribution in [0.4, 0.5) is 0 Å². The number of hydrogen-bond donors (Lipinski definition) is 1. The number of pyridine rings is 2. The van der Waals surface area contributed by atoms with Crippen molar-refractivity contribution in [2.45, 2.75) is 6.42 Å². The lowest BCUT2D eigenvalue weighted by Gasteiger charge is -2.25. The molecule has 2 N–H and O–H groups in total. The van der Waals surface area contributed by atoms with Gasteiger partial charge in [-0.05, 0) is 31.2 Å². The number of hydrogen-bond acceptors (Lipinski definition) is 6. The van der Waals surface area contributed by atoms with Crippen LogP contribution >= 0.6 is 23.4 Å². The highest BCUT2D eigenvalue weighted by atomic mass is 35.5. The Morgan fingerprint density at radius 3 is 2.96 bits per heavy atom. The highest BCUT2D eigenvalue weighted by Gasteiger charge is 2.09. The van der Waals surface area contributed by atoms with Gasteiger partial charge >= 0.3 is 0 Å². The molecule has 1 aliphatic rings. The van der Waals surface area contributed by atoms with E-state index >= 15 is 0 Å². The van der Waals surface area contributed by atoms with E-state index in [0.717, 1.165) is 41.7 Å². The maximum Gasteiger partial charge on any atom is 0.129 e. The van der Waals surface area contributed by atoms with Gasteiger partial charge in [-0.25, -0.2) is 4.98 Å². The maximum atomic E-state index is 5.96. The largest absolute Gasteiger partial charge is 0.404 e. The minimum Gasteiger partial charge on any atom is -0.404 e. The monoisotopic (exact) mass is 375 g/mol. The van der Waals surface area contributed by atoms with E-state index < -0.39 is 0 Å². The third-order valence-electron chi connectivity index (χ3n) is 4.11. The van der Waals surface area contributed by atoms with Crippen LogP contribution in [-0.2, 0) is 0 Å². The van der Waals surface area contributed by atoms with E-state index in [4.69, 9.17) is 17.3 Å². The van der Waals surface area contributed by atoms with Crippen molar-refractivity contribution in [3.63, 3.8) is 0 Å². The van der Waals surface area contributed by atoms with Crippen LogP contribution in [0.25, 0.3) is 16.6 Å². The fraction of sp³-hybridized carbons (Fsp3) is 0.389. The molecule has 25 heavy (non-hydrogen) atoms. The van der Waals surface area contributed by atoms with Gasteiger partial charge in [-0.15, -0.1) is 0 Å². The summed E-state index contributed by atoms with van der Waals surface area (Å²) >= 11 is 7.99. The molecule has 132 valence electrons. The van der Waals surface area contributed by atoms with E-state index in [1.165, 1.54) is 24.6 Å². The number of nitrogens with two attached hydrogens (primary N) is 1. The molecule has 0 aromatic carbocycles. The van der Waals surface area contributed by atoms with Crippen LogP contribution in [-0.4, -0.2) is 58.8 Å². The summed E-state index contributed by atoms with van der Waals surface area (Å²) < 4.78 is 0. The van der Waals surface area contributed by atoms with Crippen molar-refractivity contribution in [2.24, 2.45) is 10.7 Å². The summed E-state index contributed by atoms with van der Waals surface area (Å²) in [5, 5.41) is 0.453. The average Bonchev–Trinajstić information content (AvgIpc) is 2.65. The van der Waals surface area contributed by atoms with Gasteiger partial charge in [0.15, 0.2) is 0 Å². The highest BCUT2D eigenvalue weighted by molar-refractivity contribution is 7.99. The molecule has 0 amide bonds. The second-order valence-electron chi connectivity index (χ2n) is 5.86. The minimum absolute atomic E-state index is 0.453. The lowest BCUT2D eigenvalue weighted by atomic mass is 10.1. The zero-order valence-corrected chi connectivity index (χ0v) is 15.6. The smallest absolute Gasteiger partial charge is 0.129 e. The summed E-state index contributed by atoms with van der Waals surface area (Å²) in [4.78, 5) is 15.7. The van der Waals surface area contributed by atoms with Crippen molar-refractivity contribution in [3.8, 4) is 0 Å². The van der Waals surface area contributed by atoms with Crippen LogP contribution < -0.4 is 5.73 Å². The normalized spacial score (nSPS) is 16.8. The van der Waals surface area contributed by atoms with Gasteiger partial charge in [-0.2, -0.15) is 11.8 Å². The SMILES string of the molecule is NC=C(C=NCCCN1CCSCC1)c1cnc2ccc(Cl)nc2c1. The van der Waals surface area contributed by atoms with Gasteiger partial charge < -0.3 is 10.6 Å². The summed E-state index contributed by atoms with van der Waals surface area (Å²) in [6.45, 7) is 4.30. The Hall–Kier alpha value is -1.63. The lowest BCUT2D eigenvalue weighted by Crippen LogP contribution is -2.33. The predicted molar refractivity (Wildman–Crippen MR) is 108 cm³/mol. The van der Waals surface area contributed by atoms with Gasteiger partial charge in [0.1, 0.15) is 5.15 Å². The van der Waals surface area contributed by atoms with Gasteiger partial charge in [-0.1, -0.05) is 11.6 Å². The number of rotatable bonds is 6. The molecule has 2 aromatic heterocycles. The fourth-order valence-electron chi connectivity index (χ4n) is 2.73. The first-order valence-electron chi connectivity index (χ1n) is 8.41. The van der Waals surface area contributed by atoms with Gasteiger partial charge in [0, 0.05) is 60.9 Å². The Labute approximate surface area is 157 Å². The zero-order chi connectivity index (χ0) is 17.5. The molecule has 0 unspecified atom stereocenters. The average molecular weight is 376 g/mol. The summed E-state index contributed by atoms with van der Waals surface area (Å²) in [5.41, 5.74) is 9.06. The van der Waals surface area contributed by atoms with Crippen molar-refractivity contribution in [3.05, 3.63) is 41.3 Å². The van der Waals surface area contributed by atoms with E-state index in [-0.39, 0.29) is 0 Å². The second-order valence-corrected chi connectivity index (χ2v) is 7.47. The molecule has 0 bridgehead atoms. The molecule has 0 saturated carbocycles. The van der Waals surface area contributed by atoms with Crippen LogP contribution in [0.3, 0.4) is 0 Å². The molecular weight excluding hydrogens is 354 g/mol. The molecular formula is C18H22ClN5S. The molecule has 0 radical (unpaired) electrons. The second kappa shape index (κ2) is 9.17. The fourth-order valence-corrected chi connectivity index (χ4v) is 3.86. The van der Waals surface area contributed by atoms with Crippen molar-refractivity contribution >= 4 is 46.2 Å². The van der Waals surface area contributed by atoms with Crippen LogP contribution in [0.15, 0.2) is 35.6 Å². The Morgan fingerprint density at radius 1 is 1.32 bits per heavy atom. The summed E-state index contributed by atoms with van der Waals surface area (Å²) in [5.74, 6) is 2.49. The maximum absolute atomic E-state index is 5.96. The number of halogens is 1. The van der Waals surface area contributed by atoms with Crippen LogP contribution in [0, 0.1) is 0 Å². The Morgan fingerprint density at radius 2 is 2.16 bits per heavy atom. The topological polar surface area (TPSA) is 67.4 Å². The lowest BCUT2D eigenvalue weighted by molar-refractivity contribution is 0.300. The third-order valence-corrected chi connectivity index (χ3v) is 5.26. The molecule has 1 saturated heterocycles. The summed E-state index contributed by atoms with van der Waals surface area (Å²) in [6.07, 6.45) is 6.22. The Balaban J connectivity index is 1.58. The highest BCUT2D eigenvalue weighted by Crippen LogP contribution is 2.18. The molecule has 3 rings (SSSR count). The number of aliphatic imine (C=N–C) groups is 1. The summed E-state index contributed by atoms with van der Waals surface area (Å²) in [6, 6.07) is 5.52. The molecule has 5 nitrogen and oxygen atoms in total. The Kier molecular flexibility index (Phi) is 6.67. The molecule has 1 aliphatic heterocycles. The van der Waals surface area contributed by atoms with E-state index in [9.17, 15) is 0 Å². The van der Waals surface area contributed by atoms with Crippen molar-refractivity contribution in [2.75, 3.05) is 37.7 Å². The van der Waals surface area contributed by atoms with Crippen molar-refractivity contribution in [1.82, 2.24) is 14.9 Å². The van der Waals surface area contributed by atoms with Crippen LogP contribution in [0.2, 0.25) is 5.15 Å². The van der Waals surface area contributed by atoms with Crippen LogP contribution in [0.5, 0.6) is 0 Å². The van der Waals surface area contributed by atoms with E-state index in [1.807, 2.05) is 30.1 Å². The summed E-state index contributed by atoms with van der Waals surface area (Å²) in [7, 11) is 0. The third kappa shape index (κ3) is 5.17. The molecule has 2 aromatic rings. The van der Waals surface area contributed by atoms with Crippen LogP contribution in [0.1, 0.15) is 12.0 Å². The first-order valence-corrected chi connectivity index (χ1v) is 9.94. The number of thioether (sulfide) groups is 1. The van der Waals surface area contributed by atoms with Gasteiger partial charge in [0.2, 0.25) is 0 Å². The molecule has 0 spiro atoms. The molecule has 3 heterocycles. The molecule has 7 heteroatoms. The first-order chi connectivity index (χ1) is 12.3. The van der Waals surface area contributed by atoms with Crippen molar-refractivity contribution < 1.29 is 0 Å². The quantitative estimate of drug-likeness (QED) is 0.477. The van der Waals surface area contributed by atoms with E-state index in [2.05, 4.69) is 19.9 Å². The van der Waals surface area contributed by atoms with E-state index in [0.29, 0.717) is 5.15 Å². The Bertz CT molecular complexity index is 771. The van der Waals surface area contributed by atoms with Crippen molar-refractivity contribution in [1.29, 1.82) is 0 Å². The minimum atomic E-state index is 0.453. The standard InChI is InChI=1S/C18H22ClN5S/c19-18-3-2-16-17(23-18)10-14(13-22-16)15(11-20)12-21-4-1-5-24-6-8-25-9-7-24/h2-3,10-13H,1,4-9,20H2. The zero-order valence-electron chi connectivity index (χ0n) is 14.1. The predicted octanol–water partition coefficient (Wildman–Crippen LogP) is 3.09. The first kappa shape index (κ1) is 18.2. The molecule has 0 aliphatic carbocycles. The van der Waals surface area contributed by atoms with E-state index in [1.54, 1.807) is 18.5 Å².